The van der Waals surface area contributed by atoms with Crippen molar-refractivity contribution in [1.82, 2.24) is 20.1 Å². The first-order valence-corrected chi connectivity index (χ1v) is 6.92. The molecular weight excluding hydrogens is 256 g/mol. The van der Waals surface area contributed by atoms with Crippen molar-refractivity contribution < 1.29 is 4.52 Å². The molecule has 0 fully saturated rings. The predicted molar refractivity (Wildman–Crippen MR) is 76.7 cm³/mol. The number of hydrogen-bond donors (Lipinski definition) is 2. The first kappa shape index (κ1) is 14.2. The molecule has 0 amide bonds. The van der Waals surface area contributed by atoms with Gasteiger partial charge in [-0.15, -0.1) is 0 Å². The third-order valence-electron chi connectivity index (χ3n) is 2.83. The molecule has 0 atom stereocenters. The van der Waals surface area contributed by atoms with Crippen LogP contribution in [0.3, 0.4) is 0 Å². The molecule has 7 nitrogen and oxygen atoms in total. The molecule has 2 aromatic rings. The molecule has 2 N–H and O–H groups in total. The fraction of sp³-hybridized carbons (Fsp3) is 0.538. The van der Waals surface area contributed by atoms with Crippen LogP contribution in [-0.2, 0) is 12.8 Å². The summed E-state index contributed by atoms with van der Waals surface area (Å²) in [7, 11) is 0. The van der Waals surface area contributed by atoms with Gasteiger partial charge in [-0.3, -0.25) is 0 Å². The quantitative estimate of drug-likeness (QED) is 0.761. The smallest absolute Gasteiger partial charge is 0.228 e. The molecule has 20 heavy (non-hydrogen) atoms. The molecule has 0 bridgehead atoms. The number of rotatable bonds is 8. The summed E-state index contributed by atoms with van der Waals surface area (Å²) < 4.78 is 4.97. The number of anilines is 2. The van der Waals surface area contributed by atoms with E-state index in [0.717, 1.165) is 36.6 Å². The van der Waals surface area contributed by atoms with E-state index < -0.39 is 0 Å². The van der Waals surface area contributed by atoms with Crippen molar-refractivity contribution >= 4 is 11.6 Å². The zero-order valence-corrected chi connectivity index (χ0v) is 11.9. The van der Waals surface area contributed by atoms with E-state index in [1.165, 1.54) is 6.33 Å². The van der Waals surface area contributed by atoms with E-state index in [0.29, 0.717) is 18.9 Å². The van der Waals surface area contributed by atoms with Gasteiger partial charge in [-0.05, 0) is 13.3 Å². The summed E-state index contributed by atoms with van der Waals surface area (Å²) in [6.45, 7) is 5.74. The number of aromatic nitrogens is 4. The molecule has 7 heteroatoms. The lowest BCUT2D eigenvalue weighted by molar-refractivity contribution is 0.379. The molecule has 2 rings (SSSR count). The lowest BCUT2D eigenvalue weighted by Crippen LogP contribution is -2.12. The van der Waals surface area contributed by atoms with Crippen molar-refractivity contribution in [2.45, 2.75) is 33.1 Å². The average molecular weight is 276 g/mol. The Bertz CT molecular complexity index is 514. The minimum atomic E-state index is 0.621. The van der Waals surface area contributed by atoms with Gasteiger partial charge < -0.3 is 15.2 Å². The van der Waals surface area contributed by atoms with Crippen molar-refractivity contribution in [3.63, 3.8) is 0 Å². The van der Waals surface area contributed by atoms with E-state index in [1.54, 1.807) is 6.33 Å². The van der Waals surface area contributed by atoms with Gasteiger partial charge in [0.15, 0.2) is 6.33 Å². The van der Waals surface area contributed by atoms with E-state index >= 15 is 0 Å². The predicted octanol–water partition coefficient (Wildman–Crippen LogP) is 1.90. The molecule has 2 aromatic heterocycles. The minimum absolute atomic E-state index is 0.621. The van der Waals surface area contributed by atoms with Crippen LogP contribution in [0.15, 0.2) is 17.2 Å². The second-order valence-corrected chi connectivity index (χ2v) is 4.34. The van der Waals surface area contributed by atoms with Crippen LogP contribution >= 0.6 is 0 Å². The Balaban J connectivity index is 2.03. The maximum absolute atomic E-state index is 4.97. The van der Waals surface area contributed by atoms with Gasteiger partial charge in [0.25, 0.3) is 0 Å². The lowest BCUT2D eigenvalue weighted by atomic mass is 10.1. The highest BCUT2D eigenvalue weighted by Crippen LogP contribution is 2.21. The molecular formula is C13H20N6O. The molecule has 0 saturated carbocycles. The molecule has 0 aromatic carbocycles. The molecule has 0 aliphatic carbocycles. The lowest BCUT2D eigenvalue weighted by Gasteiger charge is -2.14. The Kier molecular flexibility index (Phi) is 5.28. The highest BCUT2D eigenvalue weighted by Gasteiger charge is 2.10. The van der Waals surface area contributed by atoms with Gasteiger partial charge in [-0.25, -0.2) is 9.97 Å². The zero-order chi connectivity index (χ0) is 14.2. The van der Waals surface area contributed by atoms with Gasteiger partial charge in [0.1, 0.15) is 18.0 Å². The van der Waals surface area contributed by atoms with Gasteiger partial charge in [0.05, 0.1) is 0 Å². The molecule has 0 aliphatic heterocycles. The second-order valence-electron chi connectivity index (χ2n) is 4.34. The summed E-state index contributed by atoms with van der Waals surface area (Å²) in [6, 6.07) is 0. The van der Waals surface area contributed by atoms with Crippen molar-refractivity contribution in [2.24, 2.45) is 0 Å². The maximum Gasteiger partial charge on any atom is 0.228 e. The Morgan fingerprint density at radius 2 is 1.80 bits per heavy atom. The monoisotopic (exact) mass is 276 g/mol. The van der Waals surface area contributed by atoms with Crippen LogP contribution in [0.1, 0.15) is 31.7 Å². The standard InChI is InChI=1S/C13H20N6O/c1-3-5-10-12(14-4-2)17-8-18-13(10)15-7-6-11-16-9-19-20-11/h8-9H,3-7H2,1-2H3,(H2,14,15,17,18). The van der Waals surface area contributed by atoms with E-state index in [1.807, 2.05) is 0 Å². The van der Waals surface area contributed by atoms with Crippen molar-refractivity contribution in [3.8, 4) is 0 Å². The van der Waals surface area contributed by atoms with Crippen molar-refractivity contribution in [3.05, 3.63) is 24.1 Å². The number of nitrogens with one attached hydrogen (secondary N) is 2. The second kappa shape index (κ2) is 7.42. The van der Waals surface area contributed by atoms with Crippen LogP contribution in [0.2, 0.25) is 0 Å². The maximum atomic E-state index is 4.97. The first-order valence-electron chi connectivity index (χ1n) is 6.92. The normalized spacial score (nSPS) is 10.5. The van der Waals surface area contributed by atoms with Gasteiger partial charge in [-0.2, -0.15) is 4.98 Å². The van der Waals surface area contributed by atoms with Crippen molar-refractivity contribution in [1.29, 1.82) is 0 Å². The SMILES string of the molecule is CCCc1c(NCC)ncnc1NCCc1ncno1. The van der Waals surface area contributed by atoms with Crippen LogP contribution in [-0.4, -0.2) is 33.2 Å². The summed E-state index contributed by atoms with van der Waals surface area (Å²) in [6.07, 6.45) is 5.64. The summed E-state index contributed by atoms with van der Waals surface area (Å²) in [5.41, 5.74) is 1.13. The molecule has 108 valence electrons. The summed E-state index contributed by atoms with van der Waals surface area (Å²) in [4.78, 5) is 12.6. The van der Waals surface area contributed by atoms with Gasteiger partial charge >= 0.3 is 0 Å². The summed E-state index contributed by atoms with van der Waals surface area (Å²) in [5, 5.41) is 10.2. The van der Waals surface area contributed by atoms with E-state index in [4.69, 9.17) is 4.52 Å². The first-order chi connectivity index (χ1) is 9.85. The van der Waals surface area contributed by atoms with Crippen LogP contribution in [0, 0.1) is 0 Å². The largest absolute Gasteiger partial charge is 0.370 e. The van der Waals surface area contributed by atoms with Crippen molar-refractivity contribution in [2.75, 3.05) is 23.7 Å². The topological polar surface area (TPSA) is 88.8 Å². The number of nitrogens with zero attached hydrogens (tertiary/aromatic N) is 4. The minimum Gasteiger partial charge on any atom is -0.370 e. The summed E-state index contributed by atoms with van der Waals surface area (Å²) >= 11 is 0. The number of hydrogen-bond acceptors (Lipinski definition) is 7. The van der Waals surface area contributed by atoms with E-state index in [-0.39, 0.29) is 0 Å². The van der Waals surface area contributed by atoms with Gasteiger partial charge in [-0.1, -0.05) is 18.5 Å². The van der Waals surface area contributed by atoms with E-state index in [2.05, 4.69) is 44.6 Å². The van der Waals surface area contributed by atoms with Crippen LogP contribution in [0.5, 0.6) is 0 Å². The zero-order valence-electron chi connectivity index (χ0n) is 11.9. The molecule has 0 radical (unpaired) electrons. The Morgan fingerprint density at radius 3 is 2.45 bits per heavy atom. The van der Waals surface area contributed by atoms with Gasteiger partial charge in [0.2, 0.25) is 5.89 Å². The molecule has 2 heterocycles. The summed E-state index contributed by atoms with van der Waals surface area (Å²) in [5.74, 6) is 2.40. The Morgan fingerprint density at radius 1 is 1.00 bits per heavy atom. The van der Waals surface area contributed by atoms with Gasteiger partial charge in [0, 0.05) is 25.1 Å². The van der Waals surface area contributed by atoms with Crippen LogP contribution in [0.25, 0.3) is 0 Å². The Hall–Kier alpha value is -2.18. The average Bonchev–Trinajstić information content (AvgIpc) is 2.96. The molecule has 0 unspecified atom stereocenters. The fourth-order valence-corrected chi connectivity index (χ4v) is 1.97. The van der Waals surface area contributed by atoms with Crippen LogP contribution < -0.4 is 10.6 Å². The molecule has 0 aliphatic rings. The fourth-order valence-electron chi connectivity index (χ4n) is 1.97. The highest BCUT2D eigenvalue weighted by atomic mass is 16.5. The Labute approximate surface area is 118 Å². The third kappa shape index (κ3) is 3.66. The van der Waals surface area contributed by atoms with Crippen LogP contribution in [0.4, 0.5) is 11.6 Å². The molecule has 0 spiro atoms. The highest BCUT2D eigenvalue weighted by molar-refractivity contribution is 5.57. The molecule has 0 saturated heterocycles. The van der Waals surface area contributed by atoms with E-state index in [9.17, 15) is 0 Å². The third-order valence-corrected chi connectivity index (χ3v) is 2.83.